The van der Waals surface area contributed by atoms with Gasteiger partial charge in [0.05, 0.1) is 31.4 Å². The maximum atomic E-state index is 12.1. The van der Waals surface area contributed by atoms with Gasteiger partial charge in [0.1, 0.15) is 0 Å². The van der Waals surface area contributed by atoms with Crippen LogP contribution in [-0.4, -0.2) is 43.3 Å². The van der Waals surface area contributed by atoms with Crippen molar-refractivity contribution in [3.8, 4) is 0 Å². The van der Waals surface area contributed by atoms with Crippen LogP contribution in [0, 0.1) is 0 Å². The van der Waals surface area contributed by atoms with Gasteiger partial charge in [0.25, 0.3) is 0 Å². The van der Waals surface area contributed by atoms with Gasteiger partial charge in [-0.1, -0.05) is 42.4 Å². The molecule has 1 aromatic rings. The Labute approximate surface area is 170 Å². The number of carbonyl (C=O) groups is 2. The highest BCUT2D eigenvalue weighted by Gasteiger charge is 2.37. The lowest BCUT2D eigenvalue weighted by Crippen LogP contribution is -2.53. The van der Waals surface area contributed by atoms with Gasteiger partial charge in [0.15, 0.2) is 0 Å². The second-order valence-electron chi connectivity index (χ2n) is 7.04. The normalized spacial score (nSPS) is 22.0. The quantitative estimate of drug-likeness (QED) is 0.296. The molecule has 8 heteroatoms. The zero-order valence-corrected chi connectivity index (χ0v) is 17.1. The van der Waals surface area contributed by atoms with Gasteiger partial charge in [-0.25, -0.2) is 4.79 Å². The van der Waals surface area contributed by atoms with E-state index in [1.54, 1.807) is 6.08 Å². The summed E-state index contributed by atoms with van der Waals surface area (Å²) in [6, 6.07) is 8.93. The summed E-state index contributed by atoms with van der Waals surface area (Å²) in [5.74, 6) is -0.746. The minimum Gasteiger partial charge on any atom is -0.466 e. The zero-order chi connectivity index (χ0) is 21.2. The highest BCUT2D eigenvalue weighted by atomic mass is 16.5. The summed E-state index contributed by atoms with van der Waals surface area (Å²) in [5, 5.41) is 6.62. The fraction of sp³-hybridized carbons (Fsp3) is 0.524. The molecule has 1 aromatic carbocycles. The second kappa shape index (κ2) is 11.2. The average Bonchev–Trinajstić information content (AvgIpc) is 2.72. The van der Waals surface area contributed by atoms with Crippen LogP contribution in [0.5, 0.6) is 0 Å². The molecule has 4 atom stereocenters. The number of nitrogens with zero attached hydrogens (tertiary/aromatic N) is 3. The summed E-state index contributed by atoms with van der Waals surface area (Å²) in [6.07, 6.45) is 3.59. The predicted molar refractivity (Wildman–Crippen MR) is 109 cm³/mol. The van der Waals surface area contributed by atoms with Gasteiger partial charge < -0.3 is 14.8 Å². The number of amides is 1. The van der Waals surface area contributed by atoms with Crippen LogP contribution in [0.4, 0.5) is 0 Å². The van der Waals surface area contributed by atoms with Crippen molar-refractivity contribution < 1.29 is 19.1 Å². The predicted octanol–water partition coefficient (Wildman–Crippen LogP) is 3.47. The summed E-state index contributed by atoms with van der Waals surface area (Å²) in [4.78, 5) is 26.7. The van der Waals surface area contributed by atoms with Gasteiger partial charge in [-0.05, 0) is 42.9 Å². The van der Waals surface area contributed by atoms with Crippen molar-refractivity contribution in [1.82, 2.24) is 5.32 Å². The molecular weight excluding hydrogens is 372 g/mol. The molecule has 0 heterocycles. The van der Waals surface area contributed by atoms with Crippen molar-refractivity contribution >= 4 is 11.9 Å². The monoisotopic (exact) mass is 400 g/mol. The highest BCUT2D eigenvalue weighted by Crippen LogP contribution is 2.27. The zero-order valence-electron chi connectivity index (χ0n) is 17.1. The topological polar surface area (TPSA) is 113 Å². The van der Waals surface area contributed by atoms with E-state index in [1.807, 2.05) is 25.1 Å². The van der Waals surface area contributed by atoms with Crippen LogP contribution in [0.2, 0.25) is 0 Å². The van der Waals surface area contributed by atoms with Crippen molar-refractivity contribution in [3.63, 3.8) is 0 Å². The van der Waals surface area contributed by atoms with E-state index in [0.29, 0.717) is 5.57 Å². The molecule has 0 radical (unpaired) electrons. The maximum absolute atomic E-state index is 12.1. The Balaban J connectivity index is 2.22. The van der Waals surface area contributed by atoms with E-state index in [0.717, 1.165) is 19.3 Å². The Morgan fingerprint density at radius 2 is 2.07 bits per heavy atom. The smallest absolute Gasteiger partial charge is 0.333 e. The van der Waals surface area contributed by atoms with Crippen LogP contribution in [0.3, 0.4) is 0 Å². The Hall–Kier alpha value is -2.83. The Morgan fingerprint density at radius 1 is 1.34 bits per heavy atom. The van der Waals surface area contributed by atoms with Gasteiger partial charge >= 0.3 is 5.97 Å². The third-order valence-electron chi connectivity index (χ3n) is 4.98. The number of nitrogens with one attached hydrogen (secondary N) is 1. The number of carbonyl (C=O) groups excluding carboxylic acids is 2. The molecule has 0 aromatic heterocycles. The standard InChI is InChI=1S/C21H28N4O4/c1-4-17(11-10-15-8-6-5-7-9-15)29-19-13-16(21(27)28-3)12-18(24-25-22)20(19)23-14(2)26/h5-9,13,17-20H,4,10-12H2,1-3H3,(H,23,26)/t17?,18?,19-,20-/m1/s1. The van der Waals surface area contributed by atoms with Crippen LogP contribution in [0.25, 0.3) is 10.4 Å². The number of rotatable bonds is 9. The van der Waals surface area contributed by atoms with Crippen molar-refractivity contribution in [2.45, 2.75) is 63.8 Å². The summed E-state index contributed by atoms with van der Waals surface area (Å²) >= 11 is 0. The first-order valence-electron chi connectivity index (χ1n) is 9.78. The first-order chi connectivity index (χ1) is 14.0. The number of hydrogen-bond donors (Lipinski definition) is 1. The summed E-state index contributed by atoms with van der Waals surface area (Å²) in [6.45, 7) is 3.43. The lowest BCUT2D eigenvalue weighted by molar-refractivity contribution is -0.136. The van der Waals surface area contributed by atoms with E-state index in [1.165, 1.54) is 19.6 Å². The molecule has 1 aliphatic rings. The number of benzene rings is 1. The van der Waals surface area contributed by atoms with Crippen molar-refractivity contribution in [1.29, 1.82) is 0 Å². The Morgan fingerprint density at radius 3 is 2.66 bits per heavy atom. The van der Waals surface area contributed by atoms with Crippen LogP contribution in [-0.2, 0) is 25.5 Å². The third kappa shape index (κ3) is 6.62. The van der Waals surface area contributed by atoms with E-state index >= 15 is 0 Å². The molecule has 0 aliphatic heterocycles. The van der Waals surface area contributed by atoms with Gasteiger partial charge in [-0.15, -0.1) is 0 Å². The molecule has 1 N–H and O–H groups in total. The van der Waals surface area contributed by atoms with Crippen molar-refractivity contribution in [2.75, 3.05) is 7.11 Å². The summed E-state index contributed by atoms with van der Waals surface area (Å²) in [7, 11) is 1.30. The van der Waals surface area contributed by atoms with Crippen LogP contribution in [0.1, 0.15) is 38.7 Å². The molecule has 29 heavy (non-hydrogen) atoms. The van der Waals surface area contributed by atoms with Gasteiger partial charge in [-0.3, -0.25) is 4.79 Å². The number of azide groups is 1. The molecule has 0 spiro atoms. The first-order valence-corrected chi connectivity index (χ1v) is 9.78. The summed E-state index contributed by atoms with van der Waals surface area (Å²) in [5.41, 5.74) is 10.5. The number of methoxy groups -OCH3 is 1. The van der Waals surface area contributed by atoms with Gasteiger partial charge in [0.2, 0.25) is 5.91 Å². The first kappa shape index (κ1) is 22.5. The molecule has 156 valence electrons. The number of esters is 1. The molecule has 1 aliphatic carbocycles. The minimum atomic E-state index is -0.639. The average molecular weight is 400 g/mol. The number of hydrogen-bond acceptors (Lipinski definition) is 5. The van der Waals surface area contributed by atoms with E-state index in [4.69, 9.17) is 15.0 Å². The molecule has 2 unspecified atom stereocenters. The van der Waals surface area contributed by atoms with E-state index < -0.39 is 24.2 Å². The van der Waals surface area contributed by atoms with Gasteiger partial charge in [-0.2, -0.15) is 0 Å². The lowest BCUT2D eigenvalue weighted by atomic mass is 9.88. The van der Waals surface area contributed by atoms with Crippen molar-refractivity contribution in [3.05, 3.63) is 58.0 Å². The largest absolute Gasteiger partial charge is 0.466 e. The minimum absolute atomic E-state index is 0.0866. The second-order valence-corrected chi connectivity index (χ2v) is 7.04. The molecule has 0 saturated heterocycles. The lowest BCUT2D eigenvalue weighted by Gasteiger charge is -2.36. The fourth-order valence-electron chi connectivity index (χ4n) is 3.50. The molecule has 1 amide bonds. The van der Waals surface area contributed by atoms with E-state index in [9.17, 15) is 9.59 Å². The van der Waals surface area contributed by atoms with Gasteiger partial charge in [0, 0.05) is 17.4 Å². The number of aryl methyl sites for hydroxylation is 1. The maximum Gasteiger partial charge on any atom is 0.333 e. The molecule has 0 bridgehead atoms. The highest BCUT2D eigenvalue weighted by molar-refractivity contribution is 5.89. The van der Waals surface area contributed by atoms with Crippen LogP contribution in [0.15, 0.2) is 47.1 Å². The Bertz CT molecular complexity index is 774. The fourth-order valence-corrected chi connectivity index (χ4v) is 3.50. The summed E-state index contributed by atoms with van der Waals surface area (Å²) < 4.78 is 11.1. The van der Waals surface area contributed by atoms with Crippen LogP contribution >= 0.6 is 0 Å². The van der Waals surface area contributed by atoms with E-state index in [-0.39, 0.29) is 18.4 Å². The molecule has 2 rings (SSSR count). The Kier molecular flexibility index (Phi) is 8.70. The molecule has 8 nitrogen and oxygen atoms in total. The number of ether oxygens (including phenoxy) is 2. The van der Waals surface area contributed by atoms with Crippen LogP contribution < -0.4 is 5.32 Å². The van der Waals surface area contributed by atoms with Crippen molar-refractivity contribution in [2.24, 2.45) is 5.11 Å². The third-order valence-corrected chi connectivity index (χ3v) is 4.98. The molecule has 0 saturated carbocycles. The van der Waals surface area contributed by atoms with E-state index in [2.05, 4.69) is 27.5 Å². The SMILES string of the molecule is CCC(CCc1ccccc1)O[C@@H]1C=C(C(=O)OC)CC(N=[N+]=[N-])[C@H]1NC(C)=O. The molecule has 0 fully saturated rings. The molecular formula is C21H28N4O4.